The summed E-state index contributed by atoms with van der Waals surface area (Å²) in [5.41, 5.74) is 6.83. The Labute approximate surface area is 155 Å². The molecule has 1 aromatic rings. The first kappa shape index (κ1) is 18.8. The largest absolute Gasteiger partial charge is 0.342 e. The van der Waals surface area contributed by atoms with E-state index < -0.39 is 5.54 Å². The van der Waals surface area contributed by atoms with Crippen molar-refractivity contribution in [2.45, 2.75) is 57.9 Å². The number of aryl methyl sites for hydroxylation is 1. The van der Waals surface area contributed by atoms with Crippen molar-refractivity contribution in [2.24, 2.45) is 17.6 Å². The minimum Gasteiger partial charge on any atom is -0.342 e. The molecule has 142 valence electrons. The lowest BCUT2D eigenvalue weighted by Crippen LogP contribution is -2.55. The zero-order valence-electron chi connectivity index (χ0n) is 15.8. The SMILES string of the molecule is Cc1cccc(NC(=O)C2CCCN(C(=O)C3CCCCC3(C)N)C2)n1. The van der Waals surface area contributed by atoms with Gasteiger partial charge in [-0.15, -0.1) is 0 Å². The van der Waals surface area contributed by atoms with E-state index in [1.165, 1.54) is 0 Å². The Morgan fingerprint density at radius 1 is 1.27 bits per heavy atom. The zero-order chi connectivity index (χ0) is 18.7. The van der Waals surface area contributed by atoms with Gasteiger partial charge in [0.1, 0.15) is 5.82 Å². The highest BCUT2D eigenvalue weighted by Gasteiger charge is 2.41. The maximum Gasteiger partial charge on any atom is 0.230 e. The molecule has 6 heteroatoms. The number of piperidine rings is 1. The highest BCUT2D eigenvalue weighted by Crippen LogP contribution is 2.34. The lowest BCUT2D eigenvalue weighted by atomic mass is 9.73. The molecule has 3 rings (SSSR count). The number of amides is 2. The number of pyridine rings is 1. The number of carbonyl (C=O) groups is 2. The lowest BCUT2D eigenvalue weighted by molar-refractivity contribution is -0.141. The van der Waals surface area contributed by atoms with Gasteiger partial charge < -0.3 is 16.0 Å². The van der Waals surface area contributed by atoms with E-state index in [4.69, 9.17) is 5.73 Å². The number of aromatic nitrogens is 1. The van der Waals surface area contributed by atoms with Crippen LogP contribution in [0.4, 0.5) is 5.82 Å². The molecule has 2 amide bonds. The predicted octanol–water partition coefficient (Wildman–Crippen LogP) is 2.47. The summed E-state index contributed by atoms with van der Waals surface area (Å²) in [5.74, 6) is 0.319. The third-order valence-corrected chi connectivity index (χ3v) is 5.80. The number of nitrogens with one attached hydrogen (secondary N) is 1. The van der Waals surface area contributed by atoms with Crippen LogP contribution in [-0.4, -0.2) is 40.3 Å². The maximum absolute atomic E-state index is 13.0. The average Bonchev–Trinajstić information content (AvgIpc) is 2.61. The second-order valence-corrected chi connectivity index (χ2v) is 8.08. The summed E-state index contributed by atoms with van der Waals surface area (Å²) in [6.07, 6.45) is 5.53. The van der Waals surface area contributed by atoms with Crippen LogP contribution in [0.1, 0.15) is 51.1 Å². The molecular formula is C20H30N4O2. The van der Waals surface area contributed by atoms with E-state index in [1.807, 2.05) is 30.9 Å². The Morgan fingerprint density at radius 3 is 2.81 bits per heavy atom. The molecule has 2 fully saturated rings. The van der Waals surface area contributed by atoms with E-state index in [0.29, 0.717) is 12.4 Å². The molecule has 2 aliphatic rings. The molecule has 3 atom stereocenters. The maximum atomic E-state index is 13.0. The summed E-state index contributed by atoms with van der Waals surface area (Å²) in [6.45, 7) is 5.08. The average molecular weight is 358 g/mol. The van der Waals surface area contributed by atoms with Crippen molar-refractivity contribution >= 4 is 17.6 Å². The van der Waals surface area contributed by atoms with Crippen LogP contribution < -0.4 is 11.1 Å². The standard InChI is InChI=1S/C20H30N4O2/c1-14-7-5-10-17(22-14)23-18(25)15-8-6-12-24(13-15)19(26)16-9-3-4-11-20(16,2)21/h5,7,10,15-16H,3-4,6,8-9,11-13,21H2,1-2H3,(H,22,23,25). The first-order valence-corrected chi connectivity index (χ1v) is 9.69. The van der Waals surface area contributed by atoms with Crippen molar-refractivity contribution in [3.8, 4) is 0 Å². The van der Waals surface area contributed by atoms with Gasteiger partial charge in [-0.1, -0.05) is 18.9 Å². The van der Waals surface area contributed by atoms with Gasteiger partial charge in [0.25, 0.3) is 0 Å². The van der Waals surface area contributed by atoms with Gasteiger partial charge >= 0.3 is 0 Å². The fourth-order valence-electron chi connectivity index (χ4n) is 4.22. The smallest absolute Gasteiger partial charge is 0.230 e. The minimum absolute atomic E-state index is 0.0558. The van der Waals surface area contributed by atoms with Crippen LogP contribution in [0, 0.1) is 18.8 Å². The van der Waals surface area contributed by atoms with Crippen LogP contribution >= 0.6 is 0 Å². The van der Waals surface area contributed by atoms with Crippen molar-refractivity contribution in [3.05, 3.63) is 23.9 Å². The van der Waals surface area contributed by atoms with Gasteiger partial charge in [-0.2, -0.15) is 0 Å². The molecule has 0 bridgehead atoms. The monoisotopic (exact) mass is 358 g/mol. The van der Waals surface area contributed by atoms with Crippen LogP contribution in [0.15, 0.2) is 18.2 Å². The molecule has 0 aromatic carbocycles. The highest BCUT2D eigenvalue weighted by molar-refractivity contribution is 5.92. The van der Waals surface area contributed by atoms with Gasteiger partial charge in [0.15, 0.2) is 0 Å². The Hall–Kier alpha value is -1.95. The second-order valence-electron chi connectivity index (χ2n) is 8.08. The molecule has 6 nitrogen and oxygen atoms in total. The van der Waals surface area contributed by atoms with E-state index in [-0.39, 0.29) is 23.7 Å². The molecule has 3 N–H and O–H groups in total. The summed E-state index contributed by atoms with van der Waals surface area (Å²) < 4.78 is 0. The van der Waals surface area contributed by atoms with Gasteiger partial charge in [-0.25, -0.2) is 4.98 Å². The van der Waals surface area contributed by atoms with E-state index in [2.05, 4.69) is 10.3 Å². The van der Waals surface area contributed by atoms with Crippen LogP contribution in [0.25, 0.3) is 0 Å². The van der Waals surface area contributed by atoms with E-state index in [0.717, 1.165) is 50.8 Å². The minimum atomic E-state index is -0.435. The number of carbonyl (C=O) groups excluding carboxylic acids is 2. The van der Waals surface area contributed by atoms with Crippen LogP contribution in [-0.2, 0) is 9.59 Å². The number of anilines is 1. The van der Waals surface area contributed by atoms with Gasteiger partial charge in [-0.05, 0) is 51.7 Å². The number of hydrogen-bond donors (Lipinski definition) is 2. The normalized spacial score (nSPS) is 29.3. The van der Waals surface area contributed by atoms with Crippen molar-refractivity contribution in [2.75, 3.05) is 18.4 Å². The predicted molar refractivity (Wildman–Crippen MR) is 101 cm³/mol. The molecule has 1 aliphatic heterocycles. The number of nitrogens with two attached hydrogens (primary N) is 1. The zero-order valence-corrected chi connectivity index (χ0v) is 15.8. The van der Waals surface area contributed by atoms with Crippen molar-refractivity contribution in [3.63, 3.8) is 0 Å². The molecule has 0 radical (unpaired) electrons. The quantitative estimate of drug-likeness (QED) is 0.869. The Balaban J connectivity index is 1.63. The summed E-state index contributed by atoms with van der Waals surface area (Å²) >= 11 is 0. The van der Waals surface area contributed by atoms with Crippen molar-refractivity contribution < 1.29 is 9.59 Å². The highest BCUT2D eigenvalue weighted by atomic mass is 16.2. The number of rotatable bonds is 3. The number of nitrogens with zero attached hydrogens (tertiary/aromatic N) is 2. The Morgan fingerprint density at radius 2 is 2.08 bits per heavy atom. The molecule has 1 aromatic heterocycles. The van der Waals surface area contributed by atoms with E-state index in [1.54, 1.807) is 6.07 Å². The number of hydrogen-bond acceptors (Lipinski definition) is 4. The molecule has 1 aliphatic carbocycles. The fraction of sp³-hybridized carbons (Fsp3) is 0.650. The van der Waals surface area contributed by atoms with Gasteiger partial charge in [0.05, 0.1) is 11.8 Å². The van der Waals surface area contributed by atoms with Crippen molar-refractivity contribution in [1.82, 2.24) is 9.88 Å². The molecule has 1 saturated carbocycles. The van der Waals surface area contributed by atoms with Crippen molar-refractivity contribution in [1.29, 1.82) is 0 Å². The third kappa shape index (κ3) is 4.23. The Kier molecular flexibility index (Phi) is 5.61. The lowest BCUT2D eigenvalue weighted by Gasteiger charge is -2.42. The van der Waals surface area contributed by atoms with E-state index in [9.17, 15) is 9.59 Å². The van der Waals surface area contributed by atoms with E-state index >= 15 is 0 Å². The molecule has 26 heavy (non-hydrogen) atoms. The van der Waals surface area contributed by atoms with Crippen LogP contribution in [0.2, 0.25) is 0 Å². The number of likely N-dealkylation sites (tertiary alicyclic amines) is 1. The first-order chi connectivity index (χ1) is 12.4. The fourth-order valence-corrected chi connectivity index (χ4v) is 4.22. The second kappa shape index (κ2) is 7.74. The first-order valence-electron chi connectivity index (χ1n) is 9.69. The summed E-state index contributed by atoms with van der Waals surface area (Å²) in [7, 11) is 0. The van der Waals surface area contributed by atoms with Crippen LogP contribution in [0.3, 0.4) is 0 Å². The van der Waals surface area contributed by atoms with Crippen LogP contribution in [0.5, 0.6) is 0 Å². The molecule has 2 heterocycles. The summed E-state index contributed by atoms with van der Waals surface area (Å²) in [5, 5.41) is 2.90. The molecule has 3 unspecified atom stereocenters. The topological polar surface area (TPSA) is 88.3 Å². The van der Waals surface area contributed by atoms with Gasteiger partial charge in [0, 0.05) is 24.3 Å². The molecule has 1 saturated heterocycles. The molecule has 0 spiro atoms. The van der Waals surface area contributed by atoms with Gasteiger partial charge in [-0.3, -0.25) is 9.59 Å². The van der Waals surface area contributed by atoms with Gasteiger partial charge in [0.2, 0.25) is 11.8 Å². The molecular weight excluding hydrogens is 328 g/mol. The summed E-state index contributed by atoms with van der Waals surface area (Å²) in [4.78, 5) is 31.9. The third-order valence-electron chi connectivity index (χ3n) is 5.80. The summed E-state index contributed by atoms with van der Waals surface area (Å²) in [6, 6.07) is 5.56. The Bertz CT molecular complexity index is 674.